The van der Waals surface area contributed by atoms with Crippen molar-refractivity contribution >= 4 is 46.4 Å². The van der Waals surface area contributed by atoms with Crippen molar-refractivity contribution in [3.05, 3.63) is 42.0 Å². The van der Waals surface area contributed by atoms with Crippen molar-refractivity contribution in [2.75, 3.05) is 19.5 Å². The number of aliphatic hydroxyl groups is 2. The van der Waals surface area contributed by atoms with Gasteiger partial charge in [0.05, 0.1) is 32.7 Å². The Labute approximate surface area is 248 Å². The monoisotopic (exact) mass is 686 g/mol. The average molecular weight is 686 g/mol. The van der Waals surface area contributed by atoms with Crippen LogP contribution in [-0.4, -0.2) is 87.2 Å². The van der Waals surface area contributed by atoms with Crippen LogP contribution in [0.2, 0.25) is 0 Å². The number of nitrogens with two attached hydrogens (primary N) is 1. The third-order valence-electron chi connectivity index (χ3n) is 5.80. The van der Waals surface area contributed by atoms with Crippen LogP contribution in [0.4, 0.5) is 5.82 Å². The highest BCUT2D eigenvalue weighted by Gasteiger charge is 2.48. The number of anilines is 1. The summed E-state index contributed by atoms with van der Waals surface area (Å²) in [7, 11) is -15.7. The van der Waals surface area contributed by atoms with E-state index in [1.165, 1.54) is 36.2 Å². The summed E-state index contributed by atoms with van der Waals surface area (Å²) in [5.41, 5.74) is 6.36. The van der Waals surface area contributed by atoms with Gasteiger partial charge in [-0.2, -0.15) is 8.62 Å². The third-order valence-corrected chi connectivity index (χ3v) is 9.60. The number of rotatable bonds is 12. The Kier molecular flexibility index (Phi) is 11.0. The lowest BCUT2D eigenvalue weighted by atomic mass is 10.1. The zero-order valence-corrected chi connectivity index (χ0v) is 24.4. The Morgan fingerprint density at radius 1 is 1.09 bits per heavy atom. The standard InChI is InChI=1S/C19H25N6O15P3.CH4/c1-36-11-3-9(5-26)2-10(4-11)18(28)24-13-12(6-37-42(32,33)40-43(34,35)39-41(29,30)31)38-19(15(13)27)25-8-23-14-16(20)21-7-22-17(14)25;/h2-4,7-8,12-13,15,19,26-27H,5-6H2,1H3,(H,24,28)(H,32,33)(H,34,35)(H2,20,21,22)(H2,29,30,31);1H4/t12-,13?,15+,19-;/m1./s1. The number of methoxy groups -OCH3 is 1. The molecule has 0 aliphatic carbocycles. The summed E-state index contributed by atoms with van der Waals surface area (Å²) in [6.45, 7) is -1.44. The molecule has 1 amide bonds. The number of carbonyl (C=O) groups excluding carboxylic acids is 1. The Morgan fingerprint density at radius 2 is 1.80 bits per heavy atom. The van der Waals surface area contributed by atoms with Crippen LogP contribution in [0, 0.1) is 0 Å². The molecule has 0 bridgehead atoms. The molecule has 21 nitrogen and oxygen atoms in total. The van der Waals surface area contributed by atoms with E-state index >= 15 is 0 Å². The van der Waals surface area contributed by atoms with Gasteiger partial charge in [0, 0.05) is 5.56 Å². The minimum atomic E-state index is -5.82. The van der Waals surface area contributed by atoms with Gasteiger partial charge in [-0.1, -0.05) is 7.43 Å². The van der Waals surface area contributed by atoms with Gasteiger partial charge in [0.2, 0.25) is 0 Å². The van der Waals surface area contributed by atoms with E-state index in [-0.39, 0.29) is 35.7 Å². The molecule has 3 heterocycles. The Balaban J connectivity index is 0.00000529. The molecular weight excluding hydrogens is 657 g/mol. The molecule has 24 heteroatoms. The van der Waals surface area contributed by atoms with Gasteiger partial charge in [-0.15, -0.1) is 0 Å². The lowest BCUT2D eigenvalue weighted by molar-refractivity contribution is -0.0483. The number of nitrogen functional groups attached to an aromatic ring is 1. The van der Waals surface area contributed by atoms with Crippen molar-refractivity contribution in [1.29, 1.82) is 0 Å². The topological polar surface area (TPSA) is 317 Å². The van der Waals surface area contributed by atoms with Gasteiger partial charge in [0.25, 0.3) is 5.91 Å². The number of hydrogen-bond donors (Lipinski definition) is 8. The molecule has 1 aliphatic heterocycles. The Hall–Kier alpha value is -2.87. The van der Waals surface area contributed by atoms with Gasteiger partial charge in [-0.25, -0.2) is 28.6 Å². The van der Waals surface area contributed by atoms with Crippen LogP contribution in [0.15, 0.2) is 30.9 Å². The van der Waals surface area contributed by atoms with Crippen molar-refractivity contribution < 1.29 is 70.9 Å². The molecule has 0 spiro atoms. The van der Waals surface area contributed by atoms with Gasteiger partial charge in [-0.3, -0.25) is 13.9 Å². The number of fused-ring (bicyclic) bond motifs is 1. The predicted octanol–water partition coefficient (Wildman–Crippen LogP) is -0.0543. The molecule has 0 saturated carbocycles. The molecule has 0 radical (unpaired) electrons. The second-order valence-electron chi connectivity index (χ2n) is 8.75. The maximum atomic E-state index is 13.2. The normalized spacial score (nSPS) is 23.0. The predicted molar refractivity (Wildman–Crippen MR) is 146 cm³/mol. The molecule has 4 rings (SSSR count). The second-order valence-corrected chi connectivity index (χ2v) is 13.2. The summed E-state index contributed by atoms with van der Waals surface area (Å²) in [5, 5.41) is 23.2. The van der Waals surface area contributed by atoms with E-state index in [1.54, 1.807) is 0 Å². The molecule has 44 heavy (non-hydrogen) atoms. The highest BCUT2D eigenvalue weighted by atomic mass is 31.3. The van der Waals surface area contributed by atoms with Crippen LogP contribution in [0.25, 0.3) is 11.2 Å². The molecule has 3 unspecified atom stereocenters. The van der Waals surface area contributed by atoms with Gasteiger partial charge in [-0.05, 0) is 23.8 Å². The maximum Gasteiger partial charge on any atom is 0.490 e. The second kappa shape index (κ2) is 13.6. The fourth-order valence-corrected chi connectivity index (χ4v) is 7.09. The van der Waals surface area contributed by atoms with Crippen molar-refractivity contribution in [3.8, 4) is 5.75 Å². The maximum absolute atomic E-state index is 13.2. The molecule has 1 fully saturated rings. The van der Waals surface area contributed by atoms with E-state index < -0.39 is 67.1 Å². The van der Waals surface area contributed by atoms with Gasteiger partial charge < -0.3 is 50.3 Å². The summed E-state index contributed by atoms with van der Waals surface area (Å²) in [5.74, 6) is -0.584. The average Bonchev–Trinajstić information content (AvgIpc) is 3.46. The van der Waals surface area contributed by atoms with E-state index in [0.29, 0.717) is 5.56 Å². The van der Waals surface area contributed by atoms with E-state index in [0.717, 1.165) is 6.33 Å². The summed E-state index contributed by atoms with van der Waals surface area (Å²) in [6.07, 6.45) is -2.19. The number of benzene rings is 1. The number of carbonyl (C=O) groups is 1. The Bertz CT molecular complexity index is 1630. The number of nitrogens with zero attached hydrogens (tertiary/aromatic N) is 4. The number of amides is 1. The van der Waals surface area contributed by atoms with Crippen molar-refractivity contribution in [3.63, 3.8) is 0 Å². The smallest absolute Gasteiger partial charge is 0.490 e. The highest BCUT2D eigenvalue weighted by molar-refractivity contribution is 7.66. The first kappa shape index (κ1) is 35.6. The number of phosphoric ester groups is 1. The fourth-order valence-electron chi connectivity index (χ4n) is 4.06. The summed E-state index contributed by atoms with van der Waals surface area (Å²) in [6, 6.07) is 2.72. The molecule has 1 aromatic carbocycles. The number of nitrogens with one attached hydrogen (secondary N) is 1. The molecule has 1 saturated heterocycles. The van der Waals surface area contributed by atoms with Crippen molar-refractivity contribution in [2.45, 2.75) is 38.5 Å². The third kappa shape index (κ3) is 8.43. The minimum absolute atomic E-state index is 0. The molecule has 3 aromatic rings. The molecule has 2 aromatic heterocycles. The van der Waals surface area contributed by atoms with Gasteiger partial charge in [0.15, 0.2) is 17.7 Å². The van der Waals surface area contributed by atoms with Crippen LogP contribution in [-0.2, 0) is 38.2 Å². The van der Waals surface area contributed by atoms with Crippen molar-refractivity contribution in [2.24, 2.45) is 0 Å². The van der Waals surface area contributed by atoms with Gasteiger partial charge in [0.1, 0.15) is 29.8 Å². The lowest BCUT2D eigenvalue weighted by Crippen LogP contribution is -2.48. The van der Waals surface area contributed by atoms with Gasteiger partial charge >= 0.3 is 23.5 Å². The highest BCUT2D eigenvalue weighted by Crippen LogP contribution is 2.66. The van der Waals surface area contributed by atoms with E-state index in [4.69, 9.17) is 25.0 Å². The molecule has 244 valence electrons. The van der Waals surface area contributed by atoms with E-state index in [2.05, 4.69) is 33.4 Å². The van der Waals surface area contributed by atoms with E-state index in [9.17, 15) is 38.5 Å². The number of imidazole rings is 1. The first-order chi connectivity index (χ1) is 20.0. The zero-order valence-electron chi connectivity index (χ0n) is 21.7. The first-order valence-electron chi connectivity index (χ1n) is 11.7. The van der Waals surface area contributed by atoms with Crippen LogP contribution in [0.3, 0.4) is 0 Å². The number of aliphatic hydroxyl groups excluding tert-OH is 2. The number of aromatic nitrogens is 4. The zero-order chi connectivity index (χ0) is 31.7. The van der Waals surface area contributed by atoms with Crippen LogP contribution in [0.5, 0.6) is 5.75 Å². The molecule has 9 N–H and O–H groups in total. The summed E-state index contributed by atoms with van der Waals surface area (Å²) >= 11 is 0. The first-order valence-corrected chi connectivity index (χ1v) is 16.2. The van der Waals surface area contributed by atoms with E-state index in [1.807, 2.05) is 0 Å². The molecule has 6 atom stereocenters. The lowest BCUT2D eigenvalue weighted by Gasteiger charge is -2.23. The van der Waals surface area contributed by atoms with Crippen molar-refractivity contribution in [1.82, 2.24) is 24.8 Å². The number of ether oxygens (including phenoxy) is 2. The number of phosphoric acid groups is 3. The quantitative estimate of drug-likeness (QED) is 0.116. The minimum Gasteiger partial charge on any atom is -0.497 e. The largest absolute Gasteiger partial charge is 0.497 e. The SMILES string of the molecule is C.COc1cc(CO)cc(C(=O)NC2[C@@H](COP(=O)(O)OP(=O)(O)OP(=O)(O)O)O[C@@H](n3cnc4c(N)ncnc43)[C@H]2O)c1. The van der Waals surface area contributed by atoms with Crippen LogP contribution >= 0.6 is 23.5 Å². The molecule has 1 aliphatic rings. The fraction of sp³-hybridized carbons (Fsp3) is 0.400. The Morgan fingerprint density at radius 3 is 2.43 bits per heavy atom. The summed E-state index contributed by atoms with van der Waals surface area (Å²) < 4.78 is 59.1. The summed E-state index contributed by atoms with van der Waals surface area (Å²) in [4.78, 5) is 61.9. The number of hydrogen-bond acceptors (Lipinski definition) is 15. The van der Waals surface area contributed by atoms with Crippen LogP contribution in [0.1, 0.15) is 29.6 Å². The molecular formula is C20H29N6O15P3. The van der Waals surface area contributed by atoms with Crippen LogP contribution < -0.4 is 15.8 Å².